The second kappa shape index (κ2) is 4.70. The van der Waals surface area contributed by atoms with E-state index in [4.69, 9.17) is 0 Å². The van der Waals surface area contributed by atoms with Gasteiger partial charge in [0.25, 0.3) is 0 Å². The number of anilines is 1. The Morgan fingerprint density at radius 3 is 2.75 bits per heavy atom. The molecule has 0 saturated carbocycles. The zero-order chi connectivity index (χ0) is 11.4. The predicted octanol–water partition coefficient (Wildman–Crippen LogP) is 2.36. The summed E-state index contributed by atoms with van der Waals surface area (Å²) in [4.78, 5) is 12.7. The van der Waals surface area contributed by atoms with Crippen molar-refractivity contribution in [3.05, 3.63) is 36.8 Å². The second-order valence-electron chi connectivity index (χ2n) is 3.81. The predicted molar refractivity (Wildman–Crippen MR) is 64.0 cm³/mol. The Morgan fingerprint density at radius 2 is 2.06 bits per heavy atom. The van der Waals surface area contributed by atoms with Gasteiger partial charge in [-0.15, -0.1) is 0 Å². The molecule has 4 heteroatoms. The summed E-state index contributed by atoms with van der Waals surface area (Å²) in [6.45, 7) is 4.11. The summed E-state index contributed by atoms with van der Waals surface area (Å²) in [6.07, 6.45) is 5.29. The van der Waals surface area contributed by atoms with Gasteiger partial charge in [-0.3, -0.25) is 4.98 Å². The van der Waals surface area contributed by atoms with Crippen LogP contribution in [0.15, 0.2) is 36.8 Å². The topological polar surface area (TPSA) is 50.7 Å². The SMILES string of the molecule is CC(C)Nc1nccc(-c2cccnc2)n1. The largest absolute Gasteiger partial charge is 0.352 e. The van der Waals surface area contributed by atoms with E-state index in [9.17, 15) is 0 Å². The molecule has 4 nitrogen and oxygen atoms in total. The number of hydrogen-bond acceptors (Lipinski definition) is 4. The Morgan fingerprint density at radius 1 is 1.19 bits per heavy atom. The van der Waals surface area contributed by atoms with E-state index in [0.29, 0.717) is 12.0 Å². The van der Waals surface area contributed by atoms with Gasteiger partial charge in [0.15, 0.2) is 0 Å². The Hall–Kier alpha value is -1.97. The van der Waals surface area contributed by atoms with Crippen LogP contribution in [0.5, 0.6) is 0 Å². The van der Waals surface area contributed by atoms with Gasteiger partial charge < -0.3 is 5.32 Å². The van der Waals surface area contributed by atoms with Crippen LogP contribution in [-0.4, -0.2) is 21.0 Å². The van der Waals surface area contributed by atoms with E-state index in [1.807, 2.05) is 18.2 Å². The van der Waals surface area contributed by atoms with Crippen molar-refractivity contribution in [2.45, 2.75) is 19.9 Å². The molecule has 2 aromatic heterocycles. The van der Waals surface area contributed by atoms with Crippen LogP contribution in [0.1, 0.15) is 13.8 Å². The third kappa shape index (κ3) is 2.53. The first-order valence-corrected chi connectivity index (χ1v) is 5.25. The molecule has 2 rings (SSSR count). The Bertz CT molecular complexity index is 454. The molecule has 0 atom stereocenters. The average Bonchev–Trinajstić information content (AvgIpc) is 2.30. The molecule has 0 aliphatic heterocycles. The van der Waals surface area contributed by atoms with Gasteiger partial charge in [-0.25, -0.2) is 9.97 Å². The minimum atomic E-state index is 0.323. The standard InChI is InChI=1S/C12H14N4/c1-9(2)15-12-14-7-5-11(16-12)10-4-3-6-13-8-10/h3-9H,1-2H3,(H,14,15,16). The number of nitrogens with zero attached hydrogens (tertiary/aromatic N) is 3. The van der Waals surface area contributed by atoms with Crippen LogP contribution in [-0.2, 0) is 0 Å². The molecule has 0 aromatic carbocycles. The molecular weight excluding hydrogens is 200 g/mol. The van der Waals surface area contributed by atoms with Gasteiger partial charge in [0, 0.05) is 30.2 Å². The van der Waals surface area contributed by atoms with Crippen LogP contribution in [0.4, 0.5) is 5.95 Å². The van der Waals surface area contributed by atoms with E-state index >= 15 is 0 Å². The monoisotopic (exact) mass is 214 g/mol. The van der Waals surface area contributed by atoms with Crippen molar-refractivity contribution in [1.29, 1.82) is 0 Å². The molecule has 2 aromatic rings. The fourth-order valence-electron chi connectivity index (χ4n) is 1.36. The van der Waals surface area contributed by atoms with Gasteiger partial charge >= 0.3 is 0 Å². The van der Waals surface area contributed by atoms with Crippen molar-refractivity contribution < 1.29 is 0 Å². The zero-order valence-corrected chi connectivity index (χ0v) is 9.38. The number of pyridine rings is 1. The first-order chi connectivity index (χ1) is 7.75. The molecule has 0 radical (unpaired) electrons. The van der Waals surface area contributed by atoms with E-state index in [0.717, 1.165) is 11.3 Å². The maximum Gasteiger partial charge on any atom is 0.223 e. The van der Waals surface area contributed by atoms with Crippen molar-refractivity contribution in [1.82, 2.24) is 15.0 Å². The highest BCUT2D eigenvalue weighted by Crippen LogP contribution is 2.15. The summed E-state index contributed by atoms with van der Waals surface area (Å²) in [6, 6.07) is 6.08. The van der Waals surface area contributed by atoms with E-state index < -0.39 is 0 Å². The summed E-state index contributed by atoms with van der Waals surface area (Å²) >= 11 is 0. The molecule has 0 bridgehead atoms. The van der Waals surface area contributed by atoms with Crippen molar-refractivity contribution >= 4 is 5.95 Å². The first-order valence-electron chi connectivity index (χ1n) is 5.25. The third-order valence-corrected chi connectivity index (χ3v) is 2.03. The van der Waals surface area contributed by atoms with Crippen LogP contribution in [0.25, 0.3) is 11.3 Å². The molecule has 0 aliphatic rings. The maximum atomic E-state index is 4.42. The summed E-state index contributed by atoms with van der Waals surface area (Å²) in [5.74, 6) is 0.649. The molecule has 0 aliphatic carbocycles. The molecule has 0 amide bonds. The molecule has 0 unspecified atom stereocenters. The number of rotatable bonds is 3. The molecular formula is C12H14N4. The normalized spacial score (nSPS) is 10.4. The zero-order valence-electron chi connectivity index (χ0n) is 9.38. The van der Waals surface area contributed by atoms with Crippen molar-refractivity contribution in [2.24, 2.45) is 0 Å². The van der Waals surface area contributed by atoms with Gasteiger partial charge in [-0.2, -0.15) is 0 Å². The summed E-state index contributed by atoms with van der Waals surface area (Å²) < 4.78 is 0. The highest BCUT2D eigenvalue weighted by Gasteiger charge is 2.02. The lowest BCUT2D eigenvalue weighted by molar-refractivity contribution is 0.875. The Labute approximate surface area is 94.8 Å². The molecule has 16 heavy (non-hydrogen) atoms. The summed E-state index contributed by atoms with van der Waals surface area (Å²) in [5.41, 5.74) is 1.88. The lowest BCUT2D eigenvalue weighted by atomic mass is 10.2. The fourth-order valence-corrected chi connectivity index (χ4v) is 1.36. The van der Waals surface area contributed by atoms with Gasteiger partial charge in [0.05, 0.1) is 5.69 Å². The maximum absolute atomic E-state index is 4.42. The molecule has 0 fully saturated rings. The highest BCUT2D eigenvalue weighted by molar-refractivity contribution is 5.58. The van der Waals surface area contributed by atoms with Crippen LogP contribution in [0.2, 0.25) is 0 Å². The van der Waals surface area contributed by atoms with Crippen molar-refractivity contribution in [3.63, 3.8) is 0 Å². The van der Waals surface area contributed by atoms with Crippen LogP contribution >= 0.6 is 0 Å². The summed E-state index contributed by atoms with van der Waals surface area (Å²) in [7, 11) is 0. The second-order valence-corrected chi connectivity index (χ2v) is 3.81. The minimum absolute atomic E-state index is 0.323. The summed E-state index contributed by atoms with van der Waals surface area (Å²) in [5, 5.41) is 3.17. The minimum Gasteiger partial charge on any atom is -0.352 e. The third-order valence-electron chi connectivity index (χ3n) is 2.03. The van der Waals surface area contributed by atoms with Gasteiger partial charge in [0.2, 0.25) is 5.95 Å². The van der Waals surface area contributed by atoms with E-state index in [2.05, 4.69) is 34.1 Å². The van der Waals surface area contributed by atoms with Crippen molar-refractivity contribution in [3.8, 4) is 11.3 Å². The molecule has 2 heterocycles. The van der Waals surface area contributed by atoms with Crippen LogP contribution in [0, 0.1) is 0 Å². The molecule has 1 N–H and O–H groups in total. The number of aromatic nitrogens is 3. The first kappa shape index (κ1) is 10.5. The lowest BCUT2D eigenvalue weighted by Crippen LogP contribution is -2.12. The van der Waals surface area contributed by atoms with E-state index in [-0.39, 0.29) is 0 Å². The van der Waals surface area contributed by atoms with E-state index in [1.165, 1.54) is 0 Å². The lowest BCUT2D eigenvalue weighted by Gasteiger charge is -2.08. The van der Waals surface area contributed by atoms with E-state index in [1.54, 1.807) is 18.6 Å². The quantitative estimate of drug-likeness (QED) is 0.852. The van der Waals surface area contributed by atoms with Gasteiger partial charge in [0.1, 0.15) is 0 Å². The molecule has 0 saturated heterocycles. The Balaban J connectivity index is 2.29. The number of hydrogen-bond donors (Lipinski definition) is 1. The molecule has 82 valence electrons. The number of nitrogens with one attached hydrogen (secondary N) is 1. The highest BCUT2D eigenvalue weighted by atomic mass is 15.1. The smallest absolute Gasteiger partial charge is 0.223 e. The van der Waals surface area contributed by atoms with Crippen molar-refractivity contribution in [2.75, 3.05) is 5.32 Å². The average molecular weight is 214 g/mol. The van der Waals surface area contributed by atoms with Crippen LogP contribution < -0.4 is 5.32 Å². The van der Waals surface area contributed by atoms with Gasteiger partial charge in [-0.05, 0) is 32.0 Å². The molecule has 0 spiro atoms. The van der Waals surface area contributed by atoms with Crippen LogP contribution in [0.3, 0.4) is 0 Å². The fraction of sp³-hybridized carbons (Fsp3) is 0.250. The van der Waals surface area contributed by atoms with Gasteiger partial charge in [-0.1, -0.05) is 0 Å². The Kier molecular flexibility index (Phi) is 3.10.